The summed E-state index contributed by atoms with van der Waals surface area (Å²) < 4.78 is 5.02. The van der Waals surface area contributed by atoms with Crippen LogP contribution in [0.3, 0.4) is 0 Å². The Balaban J connectivity index is 3.97. The molecule has 0 aliphatic carbocycles. The van der Waals surface area contributed by atoms with Crippen molar-refractivity contribution in [2.45, 2.75) is 40.7 Å². The Hall–Kier alpha value is -0.0800. The smallest absolute Gasteiger partial charge is 0.0587 e. The SMILES string of the molecule is COCCN[C@@H](C(C)C)C(C)(C)C. The van der Waals surface area contributed by atoms with Gasteiger partial charge in [-0.3, -0.25) is 0 Å². The molecule has 0 amide bonds. The van der Waals surface area contributed by atoms with Crippen LogP contribution in [0.5, 0.6) is 0 Å². The van der Waals surface area contributed by atoms with Crippen molar-refractivity contribution in [3.8, 4) is 0 Å². The molecule has 1 atom stereocenters. The first-order chi connectivity index (χ1) is 5.89. The van der Waals surface area contributed by atoms with Gasteiger partial charge in [-0.05, 0) is 11.3 Å². The highest BCUT2D eigenvalue weighted by atomic mass is 16.5. The highest BCUT2D eigenvalue weighted by Crippen LogP contribution is 2.24. The van der Waals surface area contributed by atoms with Crippen molar-refractivity contribution in [2.24, 2.45) is 11.3 Å². The molecule has 0 aromatic carbocycles. The molecule has 0 aliphatic heterocycles. The first kappa shape index (κ1) is 12.9. The van der Waals surface area contributed by atoms with E-state index in [2.05, 4.69) is 39.9 Å². The van der Waals surface area contributed by atoms with Crippen molar-refractivity contribution >= 4 is 0 Å². The van der Waals surface area contributed by atoms with Crippen LogP contribution in [0.25, 0.3) is 0 Å². The molecule has 0 rings (SSSR count). The minimum atomic E-state index is 0.321. The molecule has 0 radical (unpaired) electrons. The van der Waals surface area contributed by atoms with Crippen LogP contribution in [0.2, 0.25) is 0 Å². The Labute approximate surface area is 83.1 Å². The summed E-state index contributed by atoms with van der Waals surface area (Å²) in [5, 5.41) is 3.54. The molecule has 0 fully saturated rings. The fourth-order valence-corrected chi connectivity index (χ4v) is 1.86. The number of hydrogen-bond acceptors (Lipinski definition) is 2. The first-order valence-corrected chi connectivity index (χ1v) is 5.12. The minimum absolute atomic E-state index is 0.321. The molecule has 0 spiro atoms. The molecule has 0 unspecified atom stereocenters. The highest BCUT2D eigenvalue weighted by molar-refractivity contribution is 4.82. The number of hydrogen-bond donors (Lipinski definition) is 1. The van der Waals surface area contributed by atoms with E-state index in [0.29, 0.717) is 17.4 Å². The molecule has 80 valence electrons. The molecule has 0 saturated heterocycles. The van der Waals surface area contributed by atoms with Gasteiger partial charge in [-0.25, -0.2) is 0 Å². The lowest BCUT2D eigenvalue weighted by molar-refractivity contribution is 0.164. The third kappa shape index (κ3) is 5.27. The van der Waals surface area contributed by atoms with Crippen LogP contribution in [0.15, 0.2) is 0 Å². The fourth-order valence-electron chi connectivity index (χ4n) is 1.86. The maximum atomic E-state index is 5.02. The Morgan fingerprint density at radius 2 is 1.77 bits per heavy atom. The van der Waals surface area contributed by atoms with Crippen LogP contribution >= 0.6 is 0 Å². The number of methoxy groups -OCH3 is 1. The van der Waals surface area contributed by atoms with Gasteiger partial charge in [0.1, 0.15) is 0 Å². The third-order valence-electron chi connectivity index (χ3n) is 2.27. The van der Waals surface area contributed by atoms with Crippen molar-refractivity contribution in [1.29, 1.82) is 0 Å². The van der Waals surface area contributed by atoms with E-state index < -0.39 is 0 Å². The highest BCUT2D eigenvalue weighted by Gasteiger charge is 2.26. The normalized spacial score (nSPS) is 15.0. The van der Waals surface area contributed by atoms with Gasteiger partial charge < -0.3 is 10.1 Å². The largest absolute Gasteiger partial charge is 0.383 e. The summed E-state index contributed by atoms with van der Waals surface area (Å²) in [6, 6.07) is 0.558. The molecular formula is C11H25NO. The van der Waals surface area contributed by atoms with E-state index in [4.69, 9.17) is 4.74 Å². The molecule has 0 saturated carbocycles. The summed E-state index contributed by atoms with van der Waals surface area (Å²) in [7, 11) is 1.74. The lowest BCUT2D eigenvalue weighted by Gasteiger charge is -2.34. The fraction of sp³-hybridized carbons (Fsp3) is 1.00. The summed E-state index contributed by atoms with van der Waals surface area (Å²) in [4.78, 5) is 0. The van der Waals surface area contributed by atoms with E-state index in [0.717, 1.165) is 13.2 Å². The second-order valence-electron chi connectivity index (χ2n) is 5.03. The maximum Gasteiger partial charge on any atom is 0.0587 e. The third-order valence-corrected chi connectivity index (χ3v) is 2.27. The second-order valence-corrected chi connectivity index (χ2v) is 5.03. The van der Waals surface area contributed by atoms with E-state index in [-0.39, 0.29) is 0 Å². The quantitative estimate of drug-likeness (QED) is 0.667. The second kappa shape index (κ2) is 5.61. The van der Waals surface area contributed by atoms with Gasteiger partial charge in [0.2, 0.25) is 0 Å². The van der Waals surface area contributed by atoms with Gasteiger partial charge in [0.05, 0.1) is 6.61 Å². The summed E-state index contributed by atoms with van der Waals surface area (Å²) in [5.41, 5.74) is 0.321. The zero-order valence-electron chi connectivity index (χ0n) is 9.98. The summed E-state index contributed by atoms with van der Waals surface area (Å²) in [5.74, 6) is 0.664. The predicted octanol–water partition coefficient (Wildman–Crippen LogP) is 2.29. The molecular weight excluding hydrogens is 162 g/mol. The van der Waals surface area contributed by atoms with Gasteiger partial charge in [0, 0.05) is 19.7 Å². The van der Waals surface area contributed by atoms with Crippen molar-refractivity contribution in [2.75, 3.05) is 20.3 Å². The Kier molecular flexibility index (Phi) is 5.57. The molecule has 1 N–H and O–H groups in total. The van der Waals surface area contributed by atoms with Gasteiger partial charge in [0.15, 0.2) is 0 Å². The Morgan fingerprint density at radius 1 is 1.23 bits per heavy atom. The topological polar surface area (TPSA) is 21.3 Å². The molecule has 0 aromatic rings. The summed E-state index contributed by atoms with van der Waals surface area (Å²) in [6.07, 6.45) is 0. The van der Waals surface area contributed by atoms with E-state index in [1.54, 1.807) is 7.11 Å². The lowest BCUT2D eigenvalue weighted by Crippen LogP contribution is -2.45. The lowest BCUT2D eigenvalue weighted by atomic mass is 9.80. The number of rotatable bonds is 5. The number of nitrogens with one attached hydrogen (secondary N) is 1. The zero-order valence-corrected chi connectivity index (χ0v) is 9.98. The summed E-state index contributed by atoms with van der Waals surface area (Å²) in [6.45, 7) is 13.1. The van der Waals surface area contributed by atoms with Crippen molar-refractivity contribution in [1.82, 2.24) is 5.32 Å². The Morgan fingerprint density at radius 3 is 2.08 bits per heavy atom. The average Bonchev–Trinajstić information content (AvgIpc) is 1.94. The average molecular weight is 187 g/mol. The molecule has 0 aliphatic rings. The molecule has 2 nitrogen and oxygen atoms in total. The molecule has 0 bridgehead atoms. The standard InChI is InChI=1S/C11H25NO/c1-9(2)10(11(3,4)5)12-7-8-13-6/h9-10,12H,7-8H2,1-6H3/t10-/m0/s1. The maximum absolute atomic E-state index is 5.02. The van der Waals surface area contributed by atoms with Crippen LogP contribution in [-0.4, -0.2) is 26.3 Å². The zero-order chi connectivity index (χ0) is 10.5. The first-order valence-electron chi connectivity index (χ1n) is 5.12. The van der Waals surface area contributed by atoms with Crippen LogP contribution in [-0.2, 0) is 4.74 Å². The van der Waals surface area contributed by atoms with Crippen LogP contribution in [0, 0.1) is 11.3 Å². The van der Waals surface area contributed by atoms with E-state index in [1.807, 2.05) is 0 Å². The van der Waals surface area contributed by atoms with Gasteiger partial charge in [-0.1, -0.05) is 34.6 Å². The molecule has 0 heterocycles. The number of ether oxygens (including phenoxy) is 1. The van der Waals surface area contributed by atoms with Crippen LogP contribution in [0.1, 0.15) is 34.6 Å². The van der Waals surface area contributed by atoms with Crippen molar-refractivity contribution in [3.05, 3.63) is 0 Å². The van der Waals surface area contributed by atoms with E-state index in [1.165, 1.54) is 0 Å². The van der Waals surface area contributed by atoms with Crippen LogP contribution in [0.4, 0.5) is 0 Å². The minimum Gasteiger partial charge on any atom is -0.383 e. The van der Waals surface area contributed by atoms with Gasteiger partial charge in [0.25, 0.3) is 0 Å². The van der Waals surface area contributed by atoms with Crippen LogP contribution < -0.4 is 5.32 Å². The molecule has 2 heteroatoms. The van der Waals surface area contributed by atoms with E-state index >= 15 is 0 Å². The van der Waals surface area contributed by atoms with Gasteiger partial charge in [-0.15, -0.1) is 0 Å². The molecule has 13 heavy (non-hydrogen) atoms. The van der Waals surface area contributed by atoms with Crippen molar-refractivity contribution in [3.63, 3.8) is 0 Å². The van der Waals surface area contributed by atoms with Gasteiger partial charge in [-0.2, -0.15) is 0 Å². The Bertz CT molecular complexity index is 127. The summed E-state index contributed by atoms with van der Waals surface area (Å²) >= 11 is 0. The van der Waals surface area contributed by atoms with Crippen molar-refractivity contribution < 1.29 is 4.74 Å². The monoisotopic (exact) mass is 187 g/mol. The van der Waals surface area contributed by atoms with E-state index in [9.17, 15) is 0 Å². The van der Waals surface area contributed by atoms with Gasteiger partial charge >= 0.3 is 0 Å². The molecule has 0 aromatic heterocycles. The predicted molar refractivity (Wildman–Crippen MR) is 58.0 cm³/mol.